The van der Waals surface area contributed by atoms with Gasteiger partial charge in [-0.05, 0) is 50.5 Å². The van der Waals surface area contributed by atoms with Crippen LogP contribution in [0.1, 0.15) is 58.8 Å². The summed E-state index contributed by atoms with van der Waals surface area (Å²) in [6, 6.07) is 6.80. The van der Waals surface area contributed by atoms with Gasteiger partial charge in [0.25, 0.3) is 0 Å². The third-order valence-electron chi connectivity index (χ3n) is 5.12. The number of carbonyl (C=O) groups excluding carboxylic acids is 2. The molecule has 0 radical (unpaired) electrons. The summed E-state index contributed by atoms with van der Waals surface area (Å²) in [4.78, 5) is 25.1. The Bertz CT molecular complexity index is 897. The van der Waals surface area contributed by atoms with Crippen LogP contribution >= 0.6 is 0 Å². The molecule has 29 heavy (non-hydrogen) atoms. The van der Waals surface area contributed by atoms with E-state index in [-0.39, 0.29) is 12.4 Å². The van der Waals surface area contributed by atoms with Gasteiger partial charge < -0.3 is 18.8 Å². The van der Waals surface area contributed by atoms with Crippen molar-refractivity contribution in [2.75, 3.05) is 19.8 Å². The van der Waals surface area contributed by atoms with E-state index in [1.165, 1.54) is 0 Å². The number of ketones is 1. The second kappa shape index (κ2) is 9.16. The molecule has 0 spiro atoms. The van der Waals surface area contributed by atoms with Gasteiger partial charge in [0.05, 0.1) is 18.8 Å². The van der Waals surface area contributed by atoms with E-state index in [4.69, 9.17) is 14.2 Å². The number of hydrogen-bond donors (Lipinski definition) is 0. The first kappa shape index (κ1) is 21.0. The van der Waals surface area contributed by atoms with E-state index < -0.39 is 5.97 Å². The highest BCUT2D eigenvalue weighted by atomic mass is 16.5. The highest BCUT2D eigenvalue weighted by Gasteiger charge is 2.19. The zero-order valence-electron chi connectivity index (χ0n) is 17.6. The van der Waals surface area contributed by atoms with Crippen LogP contribution in [0.5, 0.6) is 11.5 Å². The molecule has 2 heterocycles. The molecule has 0 aliphatic carbocycles. The Morgan fingerprint density at radius 1 is 1.10 bits per heavy atom. The number of esters is 1. The molecule has 0 saturated heterocycles. The molecule has 1 aromatic carbocycles. The second-order valence-corrected chi connectivity index (χ2v) is 7.83. The van der Waals surface area contributed by atoms with Gasteiger partial charge in [0, 0.05) is 29.9 Å². The maximum Gasteiger partial charge on any atom is 0.338 e. The van der Waals surface area contributed by atoms with Gasteiger partial charge in [-0.1, -0.05) is 13.8 Å². The fraction of sp³-hybridized carbons (Fsp3) is 0.478. The van der Waals surface area contributed by atoms with E-state index in [9.17, 15) is 9.59 Å². The van der Waals surface area contributed by atoms with Gasteiger partial charge in [-0.25, -0.2) is 4.79 Å². The average molecular weight is 399 g/mol. The molecule has 0 unspecified atom stereocenters. The summed E-state index contributed by atoms with van der Waals surface area (Å²) in [6.07, 6.45) is 1.83. The maximum absolute atomic E-state index is 12.6. The predicted molar refractivity (Wildman–Crippen MR) is 110 cm³/mol. The van der Waals surface area contributed by atoms with Gasteiger partial charge in [0.1, 0.15) is 0 Å². The van der Waals surface area contributed by atoms with Crippen LogP contribution in [0.15, 0.2) is 24.3 Å². The Kier molecular flexibility index (Phi) is 6.62. The van der Waals surface area contributed by atoms with Gasteiger partial charge in [-0.2, -0.15) is 0 Å². The van der Waals surface area contributed by atoms with Crippen molar-refractivity contribution in [3.05, 3.63) is 46.8 Å². The first-order valence-corrected chi connectivity index (χ1v) is 10.1. The normalized spacial score (nSPS) is 13.3. The quantitative estimate of drug-likeness (QED) is 0.511. The Labute approximate surface area is 171 Å². The van der Waals surface area contributed by atoms with Crippen LogP contribution in [0, 0.1) is 19.8 Å². The molecule has 0 atom stereocenters. The second-order valence-electron chi connectivity index (χ2n) is 7.83. The van der Waals surface area contributed by atoms with Crippen LogP contribution in [0.4, 0.5) is 0 Å². The van der Waals surface area contributed by atoms with Crippen molar-refractivity contribution in [3.63, 3.8) is 0 Å². The van der Waals surface area contributed by atoms with Crippen LogP contribution in [0.3, 0.4) is 0 Å². The highest BCUT2D eigenvalue weighted by Crippen LogP contribution is 2.30. The van der Waals surface area contributed by atoms with Crippen LogP contribution in [0.2, 0.25) is 0 Å². The predicted octanol–water partition coefficient (Wildman–Crippen LogP) is 4.35. The Hall–Kier alpha value is -2.76. The highest BCUT2D eigenvalue weighted by molar-refractivity contribution is 6.00. The number of nitrogens with zero attached hydrogens (tertiary/aromatic N) is 1. The lowest BCUT2D eigenvalue weighted by Crippen LogP contribution is -2.15. The molecule has 0 N–H and O–H groups in total. The lowest BCUT2D eigenvalue weighted by atomic mass is 10.1. The number of ether oxygens (including phenoxy) is 3. The number of hydrogen-bond acceptors (Lipinski definition) is 5. The number of aryl methyl sites for hydroxylation is 1. The van der Waals surface area contributed by atoms with Crippen LogP contribution in [-0.2, 0) is 11.3 Å². The first-order chi connectivity index (χ1) is 13.9. The molecule has 0 amide bonds. The lowest BCUT2D eigenvalue weighted by Gasteiger charge is -2.11. The number of rotatable bonds is 7. The van der Waals surface area contributed by atoms with E-state index in [2.05, 4.69) is 18.4 Å². The molecule has 2 aromatic rings. The molecule has 0 fully saturated rings. The van der Waals surface area contributed by atoms with E-state index in [1.807, 2.05) is 19.9 Å². The molecular formula is C23H29NO5. The summed E-state index contributed by atoms with van der Waals surface area (Å²) >= 11 is 0. The van der Waals surface area contributed by atoms with Gasteiger partial charge >= 0.3 is 5.97 Å². The SMILES string of the molecule is Cc1cc(C(=O)COC(=O)c2ccc3c(c2)OCCCO3)c(C)n1CCC(C)C. The topological polar surface area (TPSA) is 66.8 Å². The summed E-state index contributed by atoms with van der Waals surface area (Å²) < 4.78 is 18.6. The molecule has 156 valence electrons. The van der Waals surface area contributed by atoms with E-state index in [1.54, 1.807) is 18.2 Å². The van der Waals surface area contributed by atoms with Crippen molar-refractivity contribution in [2.24, 2.45) is 5.92 Å². The fourth-order valence-electron chi connectivity index (χ4n) is 3.40. The third-order valence-corrected chi connectivity index (χ3v) is 5.12. The van der Waals surface area contributed by atoms with Crippen LogP contribution < -0.4 is 9.47 Å². The zero-order chi connectivity index (χ0) is 21.0. The van der Waals surface area contributed by atoms with E-state index >= 15 is 0 Å². The minimum atomic E-state index is -0.553. The molecule has 1 aliphatic rings. The van der Waals surface area contributed by atoms with Gasteiger partial charge in [-0.3, -0.25) is 4.79 Å². The van der Waals surface area contributed by atoms with Crippen LogP contribution in [0.25, 0.3) is 0 Å². The minimum Gasteiger partial charge on any atom is -0.490 e. The van der Waals surface area contributed by atoms with Crippen LogP contribution in [-0.4, -0.2) is 36.1 Å². The van der Waals surface area contributed by atoms with E-state index in [0.717, 1.165) is 30.8 Å². The van der Waals surface area contributed by atoms with Crippen molar-refractivity contribution in [3.8, 4) is 11.5 Å². The Balaban J connectivity index is 1.64. The third kappa shape index (κ3) is 5.00. The molecule has 6 nitrogen and oxygen atoms in total. The number of fused-ring (bicyclic) bond motifs is 1. The number of benzene rings is 1. The van der Waals surface area contributed by atoms with Gasteiger partial charge in [0.2, 0.25) is 5.78 Å². The molecular weight excluding hydrogens is 370 g/mol. The maximum atomic E-state index is 12.6. The Morgan fingerprint density at radius 3 is 2.55 bits per heavy atom. The van der Waals surface area contributed by atoms with Crippen molar-refractivity contribution in [1.82, 2.24) is 4.57 Å². The summed E-state index contributed by atoms with van der Waals surface area (Å²) in [5.74, 6) is 0.978. The standard InChI is InChI=1S/C23H29NO5/c1-15(2)8-9-24-16(3)12-19(17(24)4)20(25)14-29-23(26)18-6-7-21-22(13-18)28-11-5-10-27-21/h6-7,12-13,15H,5,8-11,14H2,1-4H3. The fourth-order valence-corrected chi connectivity index (χ4v) is 3.40. The average Bonchev–Trinajstić information content (AvgIpc) is 2.86. The lowest BCUT2D eigenvalue weighted by molar-refractivity contribution is 0.0474. The van der Waals surface area contributed by atoms with Crippen molar-refractivity contribution >= 4 is 11.8 Å². The van der Waals surface area contributed by atoms with Gasteiger partial charge in [0.15, 0.2) is 18.1 Å². The zero-order valence-corrected chi connectivity index (χ0v) is 17.6. The molecule has 1 aromatic heterocycles. The molecule has 0 saturated carbocycles. The van der Waals surface area contributed by atoms with Crippen molar-refractivity contribution in [1.29, 1.82) is 0 Å². The molecule has 0 bridgehead atoms. The number of carbonyl (C=O) groups is 2. The first-order valence-electron chi connectivity index (χ1n) is 10.1. The van der Waals surface area contributed by atoms with Crippen molar-refractivity contribution in [2.45, 2.75) is 47.1 Å². The monoisotopic (exact) mass is 399 g/mol. The number of aromatic nitrogens is 1. The smallest absolute Gasteiger partial charge is 0.338 e. The summed E-state index contributed by atoms with van der Waals surface area (Å²) in [7, 11) is 0. The molecule has 1 aliphatic heterocycles. The number of Topliss-reactive ketones (excluding diaryl/α,β-unsaturated/α-hetero) is 1. The summed E-state index contributed by atoms with van der Waals surface area (Å²) in [5.41, 5.74) is 2.91. The Morgan fingerprint density at radius 2 is 1.83 bits per heavy atom. The largest absolute Gasteiger partial charge is 0.490 e. The minimum absolute atomic E-state index is 0.198. The molecule has 6 heteroatoms. The van der Waals surface area contributed by atoms with Crippen molar-refractivity contribution < 1.29 is 23.8 Å². The summed E-state index contributed by atoms with van der Waals surface area (Å²) in [5, 5.41) is 0. The van der Waals surface area contributed by atoms with E-state index in [0.29, 0.717) is 41.8 Å². The molecule has 3 rings (SSSR count). The summed E-state index contributed by atoms with van der Waals surface area (Å²) in [6.45, 7) is 10.00. The van der Waals surface area contributed by atoms with Gasteiger partial charge in [-0.15, -0.1) is 0 Å².